The molecule has 0 unspecified atom stereocenters. The van der Waals surface area contributed by atoms with Crippen molar-refractivity contribution in [3.8, 4) is 5.75 Å². The van der Waals surface area contributed by atoms with E-state index in [0.29, 0.717) is 28.6 Å². The molecular formula is C30H36ClN3O5S. The number of rotatable bonds is 13. The number of carbonyl (C=O) groups excluding carboxylic acids is 2. The Balaban J connectivity index is 1.83. The minimum absolute atomic E-state index is 0.0392. The van der Waals surface area contributed by atoms with Crippen LogP contribution in [0.25, 0.3) is 0 Å². The normalized spacial score (nSPS) is 12.7. The van der Waals surface area contributed by atoms with Gasteiger partial charge in [-0.2, -0.15) is 0 Å². The summed E-state index contributed by atoms with van der Waals surface area (Å²) in [6.45, 7) is 5.36. The Morgan fingerprint density at radius 2 is 1.57 bits per heavy atom. The van der Waals surface area contributed by atoms with Gasteiger partial charge in [-0.1, -0.05) is 67.1 Å². The van der Waals surface area contributed by atoms with E-state index in [1.165, 1.54) is 4.90 Å². The SMILES string of the molecule is CC[C@@H](C)NC(=O)[C@H](C)N(Cc1ccccc1Cl)C(=O)CN(c1ccc(OCc2ccccc2)cc1)S(C)(=O)=O. The maximum atomic E-state index is 13.7. The largest absolute Gasteiger partial charge is 0.489 e. The van der Waals surface area contributed by atoms with Crippen molar-refractivity contribution in [2.24, 2.45) is 0 Å². The maximum absolute atomic E-state index is 13.7. The molecule has 0 fully saturated rings. The molecule has 0 saturated heterocycles. The Hall–Kier alpha value is -3.56. The van der Waals surface area contributed by atoms with Crippen LogP contribution in [0.3, 0.4) is 0 Å². The van der Waals surface area contributed by atoms with Gasteiger partial charge < -0.3 is 15.0 Å². The van der Waals surface area contributed by atoms with Gasteiger partial charge in [0, 0.05) is 17.6 Å². The van der Waals surface area contributed by atoms with Gasteiger partial charge in [-0.3, -0.25) is 13.9 Å². The molecule has 0 spiro atoms. The Morgan fingerprint density at radius 3 is 2.17 bits per heavy atom. The Kier molecular flexibility index (Phi) is 11.0. The van der Waals surface area contributed by atoms with E-state index >= 15 is 0 Å². The molecule has 214 valence electrons. The van der Waals surface area contributed by atoms with Crippen LogP contribution in [-0.4, -0.2) is 50.0 Å². The van der Waals surface area contributed by atoms with E-state index in [9.17, 15) is 18.0 Å². The van der Waals surface area contributed by atoms with Crippen LogP contribution in [0.4, 0.5) is 5.69 Å². The second kappa shape index (κ2) is 14.2. The van der Waals surface area contributed by atoms with E-state index in [2.05, 4.69) is 5.32 Å². The highest BCUT2D eigenvalue weighted by Gasteiger charge is 2.30. The van der Waals surface area contributed by atoms with Gasteiger partial charge in [-0.25, -0.2) is 8.42 Å². The number of benzene rings is 3. The monoisotopic (exact) mass is 585 g/mol. The molecule has 3 aromatic rings. The number of anilines is 1. The molecule has 1 N–H and O–H groups in total. The van der Waals surface area contributed by atoms with Crippen LogP contribution in [0.1, 0.15) is 38.3 Å². The fourth-order valence-corrected chi connectivity index (χ4v) is 4.97. The van der Waals surface area contributed by atoms with Crippen molar-refractivity contribution in [1.29, 1.82) is 0 Å². The average Bonchev–Trinajstić information content (AvgIpc) is 2.94. The fourth-order valence-electron chi connectivity index (χ4n) is 3.92. The summed E-state index contributed by atoms with van der Waals surface area (Å²) in [6.07, 6.45) is 1.77. The zero-order valence-electron chi connectivity index (χ0n) is 23.2. The summed E-state index contributed by atoms with van der Waals surface area (Å²) in [5, 5.41) is 3.34. The number of ether oxygens (including phenoxy) is 1. The Labute approximate surface area is 241 Å². The zero-order chi connectivity index (χ0) is 29.3. The molecule has 0 saturated carbocycles. The van der Waals surface area contributed by atoms with Crippen LogP contribution < -0.4 is 14.4 Å². The number of sulfonamides is 1. The third-order valence-corrected chi connectivity index (χ3v) is 8.03. The van der Waals surface area contributed by atoms with Crippen molar-refractivity contribution in [2.75, 3.05) is 17.1 Å². The lowest BCUT2D eigenvalue weighted by Gasteiger charge is -2.32. The second-order valence-electron chi connectivity index (χ2n) is 9.64. The van der Waals surface area contributed by atoms with E-state index < -0.39 is 28.5 Å². The Bertz CT molecular complexity index is 1380. The molecule has 2 amide bonds. The third-order valence-electron chi connectivity index (χ3n) is 6.52. The molecule has 0 radical (unpaired) electrons. The van der Waals surface area contributed by atoms with Crippen molar-refractivity contribution >= 4 is 39.1 Å². The van der Waals surface area contributed by atoms with Crippen LogP contribution >= 0.6 is 11.6 Å². The first kappa shape index (κ1) is 31.0. The number of amides is 2. The third kappa shape index (κ3) is 8.72. The highest BCUT2D eigenvalue weighted by Crippen LogP contribution is 2.24. The number of hydrogen-bond donors (Lipinski definition) is 1. The van der Waals surface area contributed by atoms with Crippen LogP contribution in [0.15, 0.2) is 78.9 Å². The van der Waals surface area contributed by atoms with Crippen molar-refractivity contribution < 1.29 is 22.7 Å². The molecule has 3 rings (SSSR count). The van der Waals surface area contributed by atoms with Crippen LogP contribution in [0.2, 0.25) is 5.02 Å². The molecule has 3 aromatic carbocycles. The Morgan fingerprint density at radius 1 is 0.950 bits per heavy atom. The van der Waals surface area contributed by atoms with Crippen molar-refractivity contribution in [1.82, 2.24) is 10.2 Å². The summed E-state index contributed by atoms with van der Waals surface area (Å²) in [4.78, 5) is 28.0. The van der Waals surface area contributed by atoms with Crippen molar-refractivity contribution in [3.63, 3.8) is 0 Å². The van der Waals surface area contributed by atoms with Gasteiger partial charge in [0.05, 0.1) is 11.9 Å². The van der Waals surface area contributed by atoms with Crippen LogP contribution in [0, 0.1) is 0 Å². The van der Waals surface area contributed by atoms with E-state index in [1.54, 1.807) is 55.5 Å². The molecule has 2 atom stereocenters. The number of carbonyl (C=O) groups is 2. The number of nitrogens with one attached hydrogen (secondary N) is 1. The molecule has 0 aromatic heterocycles. The first-order chi connectivity index (χ1) is 19.0. The molecule has 8 nitrogen and oxygen atoms in total. The van der Waals surface area contributed by atoms with Crippen molar-refractivity contribution in [2.45, 2.75) is 52.4 Å². The molecular weight excluding hydrogens is 550 g/mol. The first-order valence-electron chi connectivity index (χ1n) is 13.1. The highest BCUT2D eigenvalue weighted by atomic mass is 35.5. The fraction of sp³-hybridized carbons (Fsp3) is 0.333. The van der Waals surface area contributed by atoms with Gasteiger partial charge in [0.2, 0.25) is 21.8 Å². The predicted octanol–water partition coefficient (Wildman–Crippen LogP) is 5.02. The van der Waals surface area contributed by atoms with E-state index in [4.69, 9.17) is 16.3 Å². The van der Waals surface area contributed by atoms with Gasteiger partial charge in [0.15, 0.2) is 0 Å². The summed E-state index contributed by atoms with van der Waals surface area (Å²) < 4.78 is 32.5. The predicted molar refractivity (Wildman–Crippen MR) is 159 cm³/mol. The van der Waals surface area contributed by atoms with Gasteiger partial charge in [-0.15, -0.1) is 0 Å². The average molecular weight is 586 g/mol. The molecule has 10 heteroatoms. The van der Waals surface area contributed by atoms with Crippen LogP contribution in [-0.2, 0) is 32.8 Å². The number of hydrogen-bond acceptors (Lipinski definition) is 5. The lowest BCUT2D eigenvalue weighted by atomic mass is 10.1. The van der Waals surface area contributed by atoms with E-state index in [0.717, 1.165) is 22.5 Å². The zero-order valence-corrected chi connectivity index (χ0v) is 24.8. The van der Waals surface area contributed by atoms with Gasteiger partial charge in [0.1, 0.15) is 24.9 Å². The molecule has 0 aliphatic rings. The first-order valence-corrected chi connectivity index (χ1v) is 15.3. The lowest BCUT2D eigenvalue weighted by molar-refractivity contribution is -0.139. The minimum Gasteiger partial charge on any atom is -0.489 e. The van der Waals surface area contributed by atoms with Crippen molar-refractivity contribution in [3.05, 3.63) is 95.0 Å². The standard InChI is InChI=1S/C30H36ClN3O5S/c1-5-22(2)32-30(36)23(3)33(19-25-13-9-10-14-28(25)31)29(35)20-34(40(4,37)38)26-15-17-27(18-16-26)39-21-24-11-7-6-8-12-24/h6-18,22-23H,5,19-21H2,1-4H3,(H,32,36)/t22-,23+/m1/s1. The minimum atomic E-state index is -3.85. The smallest absolute Gasteiger partial charge is 0.244 e. The van der Waals surface area contributed by atoms with Crippen LogP contribution in [0.5, 0.6) is 5.75 Å². The molecule has 0 aliphatic heterocycles. The number of halogens is 1. The van der Waals surface area contributed by atoms with Gasteiger partial charge in [0.25, 0.3) is 0 Å². The second-order valence-corrected chi connectivity index (χ2v) is 12.0. The van der Waals surface area contributed by atoms with E-state index in [1.807, 2.05) is 44.2 Å². The molecule has 40 heavy (non-hydrogen) atoms. The lowest BCUT2D eigenvalue weighted by Crippen LogP contribution is -2.52. The quantitative estimate of drug-likeness (QED) is 0.304. The highest BCUT2D eigenvalue weighted by molar-refractivity contribution is 7.92. The summed E-state index contributed by atoms with van der Waals surface area (Å²) in [5.74, 6) is -0.315. The van der Waals surface area contributed by atoms with Gasteiger partial charge >= 0.3 is 0 Å². The summed E-state index contributed by atoms with van der Waals surface area (Å²) in [7, 11) is -3.85. The molecule has 0 bridgehead atoms. The molecule has 0 aliphatic carbocycles. The van der Waals surface area contributed by atoms with Gasteiger partial charge in [-0.05, 0) is 61.7 Å². The summed E-state index contributed by atoms with van der Waals surface area (Å²) >= 11 is 6.36. The van der Waals surface area contributed by atoms with E-state index in [-0.39, 0.29) is 18.5 Å². The molecule has 0 heterocycles. The summed E-state index contributed by atoms with van der Waals surface area (Å²) in [6, 6.07) is 22.2. The topological polar surface area (TPSA) is 96.0 Å². The maximum Gasteiger partial charge on any atom is 0.244 e. The summed E-state index contributed by atoms with van der Waals surface area (Å²) in [5.41, 5.74) is 1.95. The number of nitrogens with zero attached hydrogens (tertiary/aromatic N) is 2.